The fraction of sp³-hybridized carbons (Fsp3) is 0.391. The van der Waals surface area contributed by atoms with Crippen molar-refractivity contribution in [1.29, 1.82) is 0 Å². The van der Waals surface area contributed by atoms with Gasteiger partial charge in [-0.1, -0.05) is 6.07 Å². The number of nitrogens with one attached hydrogen (secondary N) is 3. The number of hydrogen-bond acceptors (Lipinski definition) is 5. The average Bonchev–Trinajstić information content (AvgIpc) is 2.75. The third-order valence-electron chi connectivity index (χ3n) is 5.13. The summed E-state index contributed by atoms with van der Waals surface area (Å²) in [7, 11) is 0. The molecule has 2 aromatic carbocycles. The highest BCUT2D eigenvalue weighted by Gasteiger charge is 2.33. The number of anilines is 2. The smallest absolute Gasteiger partial charge is 0.490 e. The van der Waals surface area contributed by atoms with Crippen molar-refractivity contribution < 1.29 is 50.1 Å². The topological polar surface area (TPSA) is 97.9 Å². The van der Waals surface area contributed by atoms with E-state index in [0.717, 1.165) is 25.1 Å². The molecule has 0 atom stereocenters. The van der Waals surface area contributed by atoms with E-state index in [2.05, 4.69) is 25.4 Å². The fourth-order valence-corrected chi connectivity index (χ4v) is 3.72. The number of rotatable bonds is 7. The molecule has 37 heavy (non-hydrogen) atoms. The predicted molar refractivity (Wildman–Crippen MR) is 119 cm³/mol. The van der Waals surface area contributed by atoms with Gasteiger partial charge in [-0.15, -0.1) is 26.3 Å². The molecule has 0 aromatic heterocycles. The molecular formula is C23H23F6N3O5. The number of carbonyl (C=O) groups excluding carboxylic acids is 2. The monoisotopic (exact) mass is 535 g/mol. The number of alkyl halides is 6. The number of ether oxygens (including phenoxy) is 3. The Bertz CT molecular complexity index is 1100. The normalized spacial score (nSPS) is 17.9. The summed E-state index contributed by atoms with van der Waals surface area (Å²) >= 11 is 0. The molecule has 0 spiro atoms. The van der Waals surface area contributed by atoms with Crippen molar-refractivity contribution in [2.45, 2.75) is 57.5 Å². The lowest BCUT2D eigenvalue weighted by Gasteiger charge is -2.29. The van der Waals surface area contributed by atoms with Gasteiger partial charge >= 0.3 is 18.8 Å². The molecule has 1 fully saturated rings. The Morgan fingerprint density at radius 3 is 2.14 bits per heavy atom. The van der Waals surface area contributed by atoms with E-state index in [0.29, 0.717) is 25.7 Å². The Hall–Kier alpha value is -3.84. The lowest BCUT2D eigenvalue weighted by molar-refractivity contribution is -0.275. The van der Waals surface area contributed by atoms with Gasteiger partial charge < -0.3 is 30.2 Å². The van der Waals surface area contributed by atoms with Gasteiger partial charge in [0, 0.05) is 30.8 Å². The largest absolute Gasteiger partial charge is 0.573 e. The van der Waals surface area contributed by atoms with Crippen molar-refractivity contribution in [2.24, 2.45) is 0 Å². The van der Waals surface area contributed by atoms with Crippen LogP contribution in [0.1, 0.15) is 32.6 Å². The van der Waals surface area contributed by atoms with Crippen LogP contribution in [0.2, 0.25) is 0 Å². The molecule has 0 saturated heterocycles. The van der Waals surface area contributed by atoms with Gasteiger partial charge in [0.05, 0.1) is 11.8 Å². The summed E-state index contributed by atoms with van der Waals surface area (Å²) in [5.74, 6) is -1.41. The molecule has 1 aliphatic carbocycles. The molecule has 3 rings (SSSR count). The molecule has 2 aromatic rings. The first kappa shape index (κ1) is 27.7. The number of carbonyl (C=O) groups is 2. The molecule has 202 valence electrons. The number of urea groups is 1. The van der Waals surface area contributed by atoms with Gasteiger partial charge in [-0.25, -0.2) is 4.79 Å². The van der Waals surface area contributed by atoms with Crippen LogP contribution < -0.4 is 30.2 Å². The zero-order chi connectivity index (χ0) is 27.2. The van der Waals surface area contributed by atoms with Crippen molar-refractivity contribution in [3.8, 4) is 17.2 Å². The van der Waals surface area contributed by atoms with Crippen molar-refractivity contribution in [3.63, 3.8) is 0 Å². The van der Waals surface area contributed by atoms with Gasteiger partial charge in [0.25, 0.3) is 0 Å². The minimum Gasteiger partial charge on any atom is -0.490 e. The molecule has 0 aliphatic heterocycles. The first-order chi connectivity index (χ1) is 17.3. The van der Waals surface area contributed by atoms with Crippen molar-refractivity contribution in [1.82, 2.24) is 5.32 Å². The molecule has 14 heteroatoms. The van der Waals surface area contributed by atoms with E-state index in [1.165, 1.54) is 24.3 Å². The first-order valence-electron chi connectivity index (χ1n) is 11.0. The van der Waals surface area contributed by atoms with E-state index in [9.17, 15) is 35.9 Å². The zero-order valence-corrected chi connectivity index (χ0v) is 19.3. The maximum Gasteiger partial charge on any atom is 0.573 e. The van der Waals surface area contributed by atoms with E-state index in [4.69, 9.17) is 4.74 Å². The van der Waals surface area contributed by atoms with Gasteiger partial charge in [0.2, 0.25) is 5.91 Å². The first-order valence-corrected chi connectivity index (χ1v) is 11.0. The van der Waals surface area contributed by atoms with Crippen LogP contribution in [-0.4, -0.2) is 36.8 Å². The number of amides is 3. The van der Waals surface area contributed by atoms with E-state index in [1.54, 1.807) is 0 Å². The summed E-state index contributed by atoms with van der Waals surface area (Å²) in [4.78, 5) is 23.6. The highest BCUT2D eigenvalue weighted by molar-refractivity contribution is 5.91. The van der Waals surface area contributed by atoms with Gasteiger partial charge in [-0.05, 0) is 49.9 Å². The van der Waals surface area contributed by atoms with Crippen LogP contribution in [0.5, 0.6) is 17.2 Å². The van der Waals surface area contributed by atoms with Crippen LogP contribution in [0.15, 0.2) is 42.5 Å². The van der Waals surface area contributed by atoms with Gasteiger partial charge in [-0.2, -0.15) is 0 Å². The minimum absolute atomic E-state index is 0.115. The fourth-order valence-electron chi connectivity index (χ4n) is 3.72. The molecule has 1 saturated carbocycles. The highest BCUT2D eigenvalue weighted by atomic mass is 19.4. The molecule has 8 nitrogen and oxygen atoms in total. The predicted octanol–water partition coefficient (Wildman–Crippen LogP) is 5.95. The summed E-state index contributed by atoms with van der Waals surface area (Å²) in [5.41, 5.74) is -0.0803. The second-order valence-electron chi connectivity index (χ2n) is 8.15. The summed E-state index contributed by atoms with van der Waals surface area (Å²) < 4.78 is 88.5. The Labute approximate surface area is 207 Å². The molecule has 0 heterocycles. The third kappa shape index (κ3) is 9.61. The number of hydrogen-bond donors (Lipinski definition) is 3. The second kappa shape index (κ2) is 11.5. The van der Waals surface area contributed by atoms with Crippen LogP contribution in [0.25, 0.3) is 0 Å². The minimum atomic E-state index is -4.94. The van der Waals surface area contributed by atoms with Crippen molar-refractivity contribution in [2.75, 3.05) is 10.6 Å². The lowest BCUT2D eigenvalue weighted by Crippen LogP contribution is -2.41. The summed E-state index contributed by atoms with van der Waals surface area (Å²) in [6, 6.07) is 7.59. The summed E-state index contributed by atoms with van der Waals surface area (Å²) in [5, 5.41) is 7.47. The maximum absolute atomic E-state index is 12.6. The van der Waals surface area contributed by atoms with Crippen LogP contribution in [0.3, 0.4) is 0 Å². The Morgan fingerprint density at radius 2 is 1.51 bits per heavy atom. The quantitative estimate of drug-likeness (QED) is 0.381. The maximum atomic E-state index is 12.6. The van der Waals surface area contributed by atoms with Crippen LogP contribution in [-0.2, 0) is 4.79 Å². The van der Waals surface area contributed by atoms with E-state index < -0.39 is 36.2 Å². The SMILES string of the molecule is CC(=O)Nc1cc(OC2CCC(NC(=O)Nc3cccc(OC(F)(F)F)c3)CC2)ccc1OC(F)(F)F. The molecule has 0 unspecified atom stereocenters. The number of halogens is 6. The van der Waals surface area contributed by atoms with Gasteiger partial charge in [-0.3, -0.25) is 4.79 Å². The lowest BCUT2D eigenvalue weighted by atomic mass is 9.93. The molecule has 3 amide bonds. The Morgan fingerprint density at radius 1 is 0.838 bits per heavy atom. The van der Waals surface area contributed by atoms with Gasteiger partial charge in [0.1, 0.15) is 11.5 Å². The van der Waals surface area contributed by atoms with Gasteiger partial charge in [0.15, 0.2) is 5.75 Å². The van der Waals surface area contributed by atoms with Crippen LogP contribution >= 0.6 is 0 Å². The molecular weight excluding hydrogens is 512 g/mol. The standard InChI is InChI=1S/C23H23F6N3O5/c1-13(33)30-19-12-17(9-10-20(19)37-23(27,28)29)35-16-7-5-14(6-8-16)31-21(34)32-15-3-2-4-18(11-15)36-22(24,25)26/h2-4,9-12,14,16H,5-8H2,1H3,(H,30,33)(H2,31,32,34). The average molecular weight is 535 g/mol. The Kier molecular flexibility index (Phi) is 8.61. The molecule has 1 aliphatic rings. The van der Waals surface area contributed by atoms with E-state index >= 15 is 0 Å². The number of benzene rings is 2. The van der Waals surface area contributed by atoms with E-state index in [-0.39, 0.29) is 29.3 Å². The van der Waals surface area contributed by atoms with Crippen LogP contribution in [0.4, 0.5) is 42.5 Å². The molecule has 0 bridgehead atoms. The highest BCUT2D eigenvalue weighted by Crippen LogP contribution is 2.35. The molecule has 3 N–H and O–H groups in total. The summed E-state index contributed by atoms with van der Waals surface area (Å²) in [6.07, 6.45) is -8.03. The van der Waals surface area contributed by atoms with E-state index in [1.807, 2.05) is 0 Å². The zero-order valence-electron chi connectivity index (χ0n) is 19.3. The third-order valence-corrected chi connectivity index (χ3v) is 5.13. The summed E-state index contributed by atoms with van der Waals surface area (Å²) in [6.45, 7) is 1.14. The van der Waals surface area contributed by atoms with Crippen molar-refractivity contribution >= 4 is 23.3 Å². The molecule has 0 radical (unpaired) electrons. The van der Waals surface area contributed by atoms with Crippen LogP contribution in [0, 0.1) is 0 Å². The second-order valence-corrected chi connectivity index (χ2v) is 8.15. The Balaban J connectivity index is 1.51. The van der Waals surface area contributed by atoms with Crippen molar-refractivity contribution in [3.05, 3.63) is 42.5 Å².